The van der Waals surface area contributed by atoms with Gasteiger partial charge in [0.2, 0.25) is 0 Å². The smallest absolute Gasteiger partial charge is 0.160 e. The lowest BCUT2D eigenvalue weighted by Gasteiger charge is -2.11. The second-order valence-corrected chi connectivity index (χ2v) is 1.76. The van der Waals surface area contributed by atoms with Gasteiger partial charge in [0.05, 0.1) is 6.26 Å². The maximum Gasteiger partial charge on any atom is 0.160 e. The molecule has 0 aromatic rings. The molecule has 1 rings (SSSR count). The van der Waals surface area contributed by atoms with Gasteiger partial charge in [-0.3, -0.25) is 4.79 Å². The fraction of sp³-hybridized carbons (Fsp3) is 0.500. The summed E-state index contributed by atoms with van der Waals surface area (Å²) in [5.74, 6) is 0. The molecule has 1 aliphatic heterocycles. The lowest BCUT2D eigenvalue weighted by Crippen LogP contribution is -2.12. The molecule has 0 fully saturated rings. The van der Waals surface area contributed by atoms with Gasteiger partial charge in [-0.15, -0.1) is 0 Å². The van der Waals surface area contributed by atoms with Crippen LogP contribution in [0, 0.1) is 0 Å². The van der Waals surface area contributed by atoms with Crippen LogP contribution >= 0.6 is 0 Å². The van der Waals surface area contributed by atoms with E-state index in [0.29, 0.717) is 0 Å². The summed E-state index contributed by atoms with van der Waals surface area (Å²) in [6.45, 7) is 0. The van der Waals surface area contributed by atoms with Crippen LogP contribution in [0.5, 0.6) is 0 Å². The highest BCUT2D eigenvalue weighted by atomic mass is 16.5. The first-order valence-electron chi connectivity index (χ1n) is 2.69. The van der Waals surface area contributed by atoms with Crippen LogP contribution < -0.4 is 0 Å². The average molecular weight is 112 g/mol. The summed E-state index contributed by atoms with van der Waals surface area (Å²) >= 11 is 0. The van der Waals surface area contributed by atoms with Gasteiger partial charge in [-0.1, -0.05) is 0 Å². The van der Waals surface area contributed by atoms with Crippen molar-refractivity contribution in [1.29, 1.82) is 0 Å². The van der Waals surface area contributed by atoms with Gasteiger partial charge in [0, 0.05) is 0 Å². The Bertz CT molecular complexity index is 107. The molecule has 8 heavy (non-hydrogen) atoms. The van der Waals surface area contributed by atoms with Crippen LogP contribution in [-0.4, -0.2) is 12.4 Å². The van der Waals surface area contributed by atoms with E-state index in [1.165, 1.54) is 0 Å². The molecule has 1 heterocycles. The molecule has 44 valence electrons. The lowest BCUT2D eigenvalue weighted by atomic mass is 10.2. The van der Waals surface area contributed by atoms with E-state index < -0.39 is 0 Å². The van der Waals surface area contributed by atoms with Gasteiger partial charge in [0.15, 0.2) is 12.4 Å². The predicted molar refractivity (Wildman–Crippen MR) is 29.3 cm³/mol. The number of carbonyl (C=O) groups is 1. The predicted octanol–water partition coefficient (Wildman–Crippen LogP) is 0.878. The van der Waals surface area contributed by atoms with Crippen LogP contribution in [0.3, 0.4) is 0 Å². The number of ether oxygens (including phenoxy) is 1. The molecule has 0 bridgehead atoms. The minimum Gasteiger partial charge on any atom is -0.491 e. The van der Waals surface area contributed by atoms with Crippen molar-refractivity contribution in [3.8, 4) is 0 Å². The molecule has 1 aliphatic rings. The molecule has 2 heteroatoms. The van der Waals surface area contributed by atoms with Gasteiger partial charge < -0.3 is 4.74 Å². The monoisotopic (exact) mass is 112 g/mol. The molecule has 0 aliphatic carbocycles. The fourth-order valence-electron chi connectivity index (χ4n) is 0.653. The van der Waals surface area contributed by atoms with Crippen molar-refractivity contribution in [3.05, 3.63) is 12.3 Å². The molecule has 0 saturated carbocycles. The molecular weight excluding hydrogens is 104 g/mol. The van der Waals surface area contributed by atoms with Gasteiger partial charge >= 0.3 is 0 Å². The quantitative estimate of drug-likeness (QED) is 0.470. The Morgan fingerprint density at radius 2 is 2.62 bits per heavy atom. The molecule has 0 saturated heterocycles. The average Bonchev–Trinajstić information content (AvgIpc) is 1.90. The SMILES string of the molecule is O=C[C@H]1CCC=CO1. The summed E-state index contributed by atoms with van der Waals surface area (Å²) in [5.41, 5.74) is 0. The Labute approximate surface area is 48.1 Å². The zero-order chi connectivity index (χ0) is 5.82. The maximum atomic E-state index is 10.0. The molecule has 0 amide bonds. The zero-order valence-electron chi connectivity index (χ0n) is 4.54. The number of rotatable bonds is 1. The third-order valence-corrected chi connectivity index (χ3v) is 1.12. The second kappa shape index (κ2) is 2.50. The standard InChI is InChI=1S/C6H8O2/c7-5-6-3-1-2-4-8-6/h2,4-6H,1,3H2/t6-/m1/s1. The van der Waals surface area contributed by atoms with Gasteiger partial charge in [-0.05, 0) is 18.9 Å². The number of aldehydes is 1. The van der Waals surface area contributed by atoms with Crippen molar-refractivity contribution in [2.75, 3.05) is 0 Å². The minimum atomic E-state index is -0.181. The highest BCUT2D eigenvalue weighted by Gasteiger charge is 2.06. The van der Waals surface area contributed by atoms with Crippen LogP contribution in [0.1, 0.15) is 12.8 Å². The molecule has 0 radical (unpaired) electrons. The van der Waals surface area contributed by atoms with E-state index in [0.717, 1.165) is 19.1 Å². The van der Waals surface area contributed by atoms with Crippen molar-refractivity contribution in [2.24, 2.45) is 0 Å². The van der Waals surface area contributed by atoms with Crippen molar-refractivity contribution < 1.29 is 9.53 Å². The van der Waals surface area contributed by atoms with Crippen molar-refractivity contribution in [3.63, 3.8) is 0 Å². The summed E-state index contributed by atoms with van der Waals surface area (Å²) in [4.78, 5) is 10.0. The molecule has 0 N–H and O–H groups in total. The molecule has 0 aromatic heterocycles. The highest BCUT2D eigenvalue weighted by molar-refractivity contribution is 5.56. The van der Waals surface area contributed by atoms with Crippen LogP contribution in [0.2, 0.25) is 0 Å². The van der Waals surface area contributed by atoms with E-state index in [-0.39, 0.29) is 6.10 Å². The summed E-state index contributed by atoms with van der Waals surface area (Å²) in [6, 6.07) is 0. The number of hydrogen-bond acceptors (Lipinski definition) is 2. The third kappa shape index (κ3) is 1.09. The van der Waals surface area contributed by atoms with E-state index in [4.69, 9.17) is 4.74 Å². The molecule has 1 atom stereocenters. The Balaban J connectivity index is 2.37. The zero-order valence-corrected chi connectivity index (χ0v) is 4.54. The van der Waals surface area contributed by atoms with Crippen LogP contribution in [-0.2, 0) is 9.53 Å². The van der Waals surface area contributed by atoms with E-state index in [9.17, 15) is 4.79 Å². The van der Waals surface area contributed by atoms with E-state index in [2.05, 4.69) is 0 Å². The van der Waals surface area contributed by atoms with Gasteiger partial charge in [-0.25, -0.2) is 0 Å². The minimum absolute atomic E-state index is 0.181. The first-order valence-corrected chi connectivity index (χ1v) is 2.69. The van der Waals surface area contributed by atoms with Gasteiger partial charge in [-0.2, -0.15) is 0 Å². The highest BCUT2D eigenvalue weighted by Crippen LogP contribution is 2.06. The summed E-state index contributed by atoms with van der Waals surface area (Å²) in [6.07, 6.45) is 5.95. The first-order chi connectivity index (χ1) is 3.93. The molecular formula is C6H8O2. The van der Waals surface area contributed by atoms with Gasteiger partial charge in [0.25, 0.3) is 0 Å². The Hall–Kier alpha value is -0.790. The van der Waals surface area contributed by atoms with E-state index >= 15 is 0 Å². The molecule has 0 unspecified atom stereocenters. The lowest BCUT2D eigenvalue weighted by molar-refractivity contribution is -0.115. The Kier molecular flexibility index (Phi) is 1.67. The fourth-order valence-corrected chi connectivity index (χ4v) is 0.653. The second-order valence-electron chi connectivity index (χ2n) is 1.76. The van der Waals surface area contributed by atoms with Crippen LogP contribution in [0.25, 0.3) is 0 Å². The number of hydrogen-bond donors (Lipinski definition) is 0. The maximum absolute atomic E-state index is 10.0. The van der Waals surface area contributed by atoms with Crippen molar-refractivity contribution in [2.45, 2.75) is 18.9 Å². The summed E-state index contributed by atoms with van der Waals surface area (Å²) in [7, 11) is 0. The molecule has 2 nitrogen and oxygen atoms in total. The Morgan fingerprint density at radius 1 is 1.75 bits per heavy atom. The van der Waals surface area contributed by atoms with E-state index in [1.807, 2.05) is 6.08 Å². The summed E-state index contributed by atoms with van der Waals surface area (Å²) in [5, 5.41) is 0. The Morgan fingerprint density at radius 3 is 3.00 bits per heavy atom. The van der Waals surface area contributed by atoms with Crippen LogP contribution in [0.4, 0.5) is 0 Å². The first kappa shape index (κ1) is 5.35. The third-order valence-electron chi connectivity index (χ3n) is 1.12. The van der Waals surface area contributed by atoms with E-state index in [1.54, 1.807) is 6.26 Å². The number of carbonyl (C=O) groups excluding carboxylic acids is 1. The topological polar surface area (TPSA) is 26.3 Å². The normalized spacial score (nSPS) is 26.8. The summed E-state index contributed by atoms with van der Waals surface area (Å²) < 4.78 is 4.88. The van der Waals surface area contributed by atoms with Gasteiger partial charge in [0.1, 0.15) is 0 Å². The van der Waals surface area contributed by atoms with Crippen molar-refractivity contribution >= 4 is 6.29 Å². The number of allylic oxidation sites excluding steroid dienone is 1. The molecule has 0 aromatic carbocycles. The largest absolute Gasteiger partial charge is 0.491 e. The van der Waals surface area contributed by atoms with Crippen molar-refractivity contribution in [1.82, 2.24) is 0 Å². The van der Waals surface area contributed by atoms with Crippen LogP contribution in [0.15, 0.2) is 12.3 Å². The molecule has 0 spiro atoms.